The lowest BCUT2D eigenvalue weighted by Gasteiger charge is -2.25. The van der Waals surface area contributed by atoms with Gasteiger partial charge in [0.25, 0.3) is 0 Å². The summed E-state index contributed by atoms with van der Waals surface area (Å²) in [5, 5.41) is 5.75. The summed E-state index contributed by atoms with van der Waals surface area (Å²) < 4.78 is 0. The van der Waals surface area contributed by atoms with Crippen molar-refractivity contribution >= 4 is 6.03 Å². The molecule has 0 heterocycles. The molecule has 0 bridgehead atoms. The molecule has 2 amide bonds. The Labute approximate surface area is 87.6 Å². The second kappa shape index (κ2) is 4.67. The zero-order valence-electron chi connectivity index (χ0n) is 10.3. The van der Waals surface area contributed by atoms with Crippen molar-refractivity contribution < 1.29 is 4.79 Å². The number of amides is 2. The van der Waals surface area contributed by atoms with E-state index in [1.165, 1.54) is 0 Å². The van der Waals surface area contributed by atoms with Crippen molar-refractivity contribution in [2.75, 3.05) is 6.54 Å². The normalized spacial score (nSPS) is 12.4. The Morgan fingerprint density at radius 2 is 1.64 bits per heavy atom. The van der Waals surface area contributed by atoms with Crippen LogP contribution in [0.3, 0.4) is 0 Å². The Morgan fingerprint density at radius 1 is 1.14 bits per heavy atom. The minimum Gasteiger partial charge on any atom is -0.338 e. The van der Waals surface area contributed by atoms with Gasteiger partial charge in [-0.2, -0.15) is 0 Å². The van der Waals surface area contributed by atoms with Crippen molar-refractivity contribution in [1.29, 1.82) is 0 Å². The molecule has 0 aliphatic heterocycles. The number of nitrogens with one attached hydrogen (secondary N) is 2. The third-order valence-corrected chi connectivity index (χ3v) is 2.17. The standard InChI is InChI=1S/C11H24N2O/c1-7-11(5,6)8-12-9(14)13-10(2,3)4/h7-8H2,1-6H3,(H2,12,13,14). The van der Waals surface area contributed by atoms with Gasteiger partial charge >= 0.3 is 6.03 Å². The van der Waals surface area contributed by atoms with Gasteiger partial charge in [-0.25, -0.2) is 4.79 Å². The fourth-order valence-electron chi connectivity index (χ4n) is 0.829. The van der Waals surface area contributed by atoms with Crippen LogP contribution in [-0.4, -0.2) is 18.1 Å². The molecular weight excluding hydrogens is 176 g/mol. The number of hydrogen-bond donors (Lipinski definition) is 2. The Hall–Kier alpha value is -0.730. The lowest BCUT2D eigenvalue weighted by Crippen LogP contribution is -2.48. The quantitative estimate of drug-likeness (QED) is 0.722. The van der Waals surface area contributed by atoms with E-state index in [0.717, 1.165) is 6.42 Å². The van der Waals surface area contributed by atoms with Crippen molar-refractivity contribution in [1.82, 2.24) is 10.6 Å². The molecule has 2 N–H and O–H groups in total. The molecule has 0 rings (SSSR count). The van der Waals surface area contributed by atoms with Crippen LogP contribution in [0.4, 0.5) is 4.79 Å². The van der Waals surface area contributed by atoms with Gasteiger partial charge in [-0.1, -0.05) is 20.8 Å². The second-order valence-electron chi connectivity index (χ2n) is 5.58. The second-order valence-corrected chi connectivity index (χ2v) is 5.58. The molecule has 84 valence electrons. The van der Waals surface area contributed by atoms with Crippen LogP contribution in [0.15, 0.2) is 0 Å². The minimum atomic E-state index is -0.166. The van der Waals surface area contributed by atoms with Crippen LogP contribution >= 0.6 is 0 Å². The summed E-state index contributed by atoms with van der Waals surface area (Å²) in [5.41, 5.74) is 0.00959. The fraction of sp³-hybridized carbons (Fsp3) is 0.909. The first kappa shape index (κ1) is 13.3. The summed E-state index contributed by atoms with van der Waals surface area (Å²) >= 11 is 0. The summed E-state index contributed by atoms with van der Waals surface area (Å²) in [5.74, 6) is 0. The van der Waals surface area contributed by atoms with Crippen molar-refractivity contribution in [3.63, 3.8) is 0 Å². The van der Waals surface area contributed by atoms with Crippen LogP contribution in [0, 0.1) is 5.41 Å². The molecule has 0 unspecified atom stereocenters. The molecule has 0 aliphatic carbocycles. The molecule has 3 nitrogen and oxygen atoms in total. The van der Waals surface area contributed by atoms with E-state index in [9.17, 15) is 4.79 Å². The highest BCUT2D eigenvalue weighted by molar-refractivity contribution is 5.74. The first-order chi connectivity index (χ1) is 6.16. The molecule has 0 aromatic carbocycles. The largest absolute Gasteiger partial charge is 0.338 e. The molecule has 0 saturated heterocycles. The van der Waals surface area contributed by atoms with E-state index < -0.39 is 0 Å². The highest BCUT2D eigenvalue weighted by atomic mass is 16.2. The van der Waals surface area contributed by atoms with Crippen LogP contribution in [0.1, 0.15) is 48.0 Å². The summed E-state index contributed by atoms with van der Waals surface area (Å²) in [6, 6.07) is -0.0842. The van der Waals surface area contributed by atoms with Gasteiger partial charge < -0.3 is 10.6 Å². The zero-order chi connectivity index (χ0) is 11.4. The van der Waals surface area contributed by atoms with E-state index in [0.29, 0.717) is 6.54 Å². The third kappa shape index (κ3) is 6.75. The summed E-state index contributed by atoms with van der Waals surface area (Å²) in [6.07, 6.45) is 1.06. The van der Waals surface area contributed by atoms with Gasteiger partial charge in [0, 0.05) is 12.1 Å². The molecular formula is C11H24N2O. The zero-order valence-corrected chi connectivity index (χ0v) is 10.3. The van der Waals surface area contributed by atoms with E-state index in [1.54, 1.807) is 0 Å². The SMILES string of the molecule is CCC(C)(C)CNC(=O)NC(C)(C)C. The molecule has 3 heteroatoms. The molecule has 0 atom stereocenters. The molecule has 0 spiro atoms. The predicted octanol–water partition coefficient (Wildman–Crippen LogP) is 2.52. The highest BCUT2D eigenvalue weighted by Gasteiger charge is 2.18. The van der Waals surface area contributed by atoms with E-state index >= 15 is 0 Å². The molecule has 0 aromatic heterocycles. The monoisotopic (exact) mass is 200 g/mol. The maximum Gasteiger partial charge on any atom is 0.315 e. The van der Waals surface area contributed by atoms with Crippen molar-refractivity contribution in [3.05, 3.63) is 0 Å². The molecule has 0 aliphatic rings. The first-order valence-corrected chi connectivity index (χ1v) is 5.22. The van der Waals surface area contributed by atoms with Crippen molar-refractivity contribution in [3.8, 4) is 0 Å². The number of hydrogen-bond acceptors (Lipinski definition) is 1. The minimum absolute atomic E-state index is 0.0842. The lowest BCUT2D eigenvalue weighted by atomic mass is 9.90. The molecule has 14 heavy (non-hydrogen) atoms. The van der Waals surface area contributed by atoms with E-state index in [4.69, 9.17) is 0 Å². The fourth-order valence-corrected chi connectivity index (χ4v) is 0.829. The predicted molar refractivity (Wildman–Crippen MR) is 60.4 cm³/mol. The van der Waals surface area contributed by atoms with Crippen LogP contribution in [0.25, 0.3) is 0 Å². The topological polar surface area (TPSA) is 41.1 Å². The average Bonchev–Trinajstić information content (AvgIpc) is 1.98. The lowest BCUT2D eigenvalue weighted by molar-refractivity contribution is 0.224. The summed E-state index contributed by atoms with van der Waals surface area (Å²) in [6.45, 7) is 13.0. The Morgan fingerprint density at radius 3 is 2.00 bits per heavy atom. The van der Waals surface area contributed by atoms with Crippen LogP contribution < -0.4 is 10.6 Å². The van der Waals surface area contributed by atoms with Crippen molar-refractivity contribution in [2.45, 2.75) is 53.5 Å². The van der Waals surface area contributed by atoms with Gasteiger partial charge in [0.1, 0.15) is 0 Å². The third-order valence-electron chi connectivity index (χ3n) is 2.17. The Bertz CT molecular complexity index is 192. The van der Waals surface area contributed by atoms with E-state index in [-0.39, 0.29) is 17.0 Å². The van der Waals surface area contributed by atoms with E-state index in [2.05, 4.69) is 31.4 Å². The Kier molecular flexibility index (Phi) is 4.43. The van der Waals surface area contributed by atoms with Crippen molar-refractivity contribution in [2.24, 2.45) is 5.41 Å². The maximum atomic E-state index is 11.4. The van der Waals surface area contributed by atoms with Gasteiger partial charge in [0.05, 0.1) is 0 Å². The van der Waals surface area contributed by atoms with Gasteiger partial charge in [0.15, 0.2) is 0 Å². The summed E-state index contributed by atoms with van der Waals surface area (Å²) in [7, 11) is 0. The number of carbonyl (C=O) groups excluding carboxylic acids is 1. The van der Waals surface area contributed by atoms with Gasteiger partial charge in [-0.05, 0) is 32.6 Å². The first-order valence-electron chi connectivity index (χ1n) is 5.22. The number of carbonyl (C=O) groups is 1. The average molecular weight is 200 g/mol. The highest BCUT2D eigenvalue weighted by Crippen LogP contribution is 2.17. The van der Waals surface area contributed by atoms with Gasteiger partial charge in [0.2, 0.25) is 0 Å². The number of rotatable bonds is 3. The molecule has 0 fully saturated rings. The summed E-state index contributed by atoms with van der Waals surface area (Å²) in [4.78, 5) is 11.4. The van der Waals surface area contributed by atoms with Crippen LogP contribution in [-0.2, 0) is 0 Å². The number of urea groups is 1. The molecule has 0 aromatic rings. The smallest absolute Gasteiger partial charge is 0.315 e. The van der Waals surface area contributed by atoms with Crippen LogP contribution in [0.2, 0.25) is 0 Å². The molecule has 0 saturated carbocycles. The Balaban J connectivity index is 3.87. The maximum absolute atomic E-state index is 11.4. The van der Waals surface area contributed by atoms with Crippen LogP contribution in [0.5, 0.6) is 0 Å². The van der Waals surface area contributed by atoms with E-state index in [1.807, 2.05) is 20.8 Å². The molecule has 0 radical (unpaired) electrons. The van der Waals surface area contributed by atoms with Gasteiger partial charge in [-0.3, -0.25) is 0 Å². The van der Waals surface area contributed by atoms with Gasteiger partial charge in [-0.15, -0.1) is 0 Å².